The molecule has 0 radical (unpaired) electrons. The summed E-state index contributed by atoms with van der Waals surface area (Å²) in [6.07, 6.45) is 3.06. The fraction of sp³-hybridized carbons (Fsp3) is 0.526. The van der Waals surface area contributed by atoms with Gasteiger partial charge in [0.15, 0.2) is 5.96 Å². The number of aliphatic imine (C=N–C) groups is 1. The first kappa shape index (κ1) is 21.0. The van der Waals surface area contributed by atoms with Gasteiger partial charge in [-0.25, -0.2) is 0 Å². The van der Waals surface area contributed by atoms with Gasteiger partial charge in [0.25, 0.3) is 0 Å². The van der Waals surface area contributed by atoms with Gasteiger partial charge in [-0.05, 0) is 25.0 Å². The largest absolute Gasteiger partial charge is 0.461 e. The molecule has 1 aromatic carbocycles. The van der Waals surface area contributed by atoms with Gasteiger partial charge in [0.1, 0.15) is 11.3 Å². The van der Waals surface area contributed by atoms with Gasteiger partial charge >= 0.3 is 0 Å². The number of ether oxygens (including phenoxy) is 2. The highest BCUT2D eigenvalue weighted by atomic mass is 127. The zero-order chi connectivity index (χ0) is 17.3. The Morgan fingerprint density at radius 3 is 2.88 bits per heavy atom. The second-order valence-electron chi connectivity index (χ2n) is 6.14. The van der Waals surface area contributed by atoms with Gasteiger partial charge in [-0.15, -0.1) is 24.0 Å². The predicted octanol–water partition coefficient (Wildman–Crippen LogP) is 2.95. The van der Waals surface area contributed by atoms with Crippen molar-refractivity contribution in [2.24, 2.45) is 4.99 Å². The number of nitrogens with zero attached hydrogens (tertiary/aromatic N) is 1. The zero-order valence-corrected chi connectivity index (χ0v) is 17.5. The fourth-order valence-corrected chi connectivity index (χ4v) is 2.86. The van der Waals surface area contributed by atoms with E-state index in [2.05, 4.69) is 27.8 Å². The van der Waals surface area contributed by atoms with Crippen LogP contribution in [0, 0.1) is 0 Å². The van der Waals surface area contributed by atoms with E-state index in [-0.39, 0.29) is 30.1 Å². The van der Waals surface area contributed by atoms with Crippen LogP contribution < -0.4 is 10.6 Å². The summed E-state index contributed by atoms with van der Waals surface area (Å²) in [5.41, 5.74) is 0.938. The molecule has 1 aliphatic heterocycles. The third kappa shape index (κ3) is 6.44. The molecule has 1 fully saturated rings. The van der Waals surface area contributed by atoms with Crippen molar-refractivity contribution in [3.63, 3.8) is 0 Å². The molecule has 26 heavy (non-hydrogen) atoms. The number of fused-ring (bicyclic) bond motifs is 1. The van der Waals surface area contributed by atoms with Crippen molar-refractivity contribution in [2.45, 2.75) is 25.4 Å². The van der Waals surface area contributed by atoms with Crippen LogP contribution in [0.15, 0.2) is 39.7 Å². The molecule has 3 rings (SSSR count). The van der Waals surface area contributed by atoms with E-state index in [0.717, 1.165) is 74.9 Å². The summed E-state index contributed by atoms with van der Waals surface area (Å²) in [7, 11) is 1.78. The van der Waals surface area contributed by atoms with Crippen LogP contribution in [0.4, 0.5) is 0 Å². The van der Waals surface area contributed by atoms with Crippen LogP contribution in [0.1, 0.15) is 18.6 Å². The molecule has 1 unspecified atom stereocenters. The van der Waals surface area contributed by atoms with Crippen molar-refractivity contribution >= 4 is 40.9 Å². The Kier molecular flexibility index (Phi) is 9.21. The van der Waals surface area contributed by atoms with Crippen molar-refractivity contribution in [3.8, 4) is 0 Å². The molecule has 144 valence electrons. The van der Waals surface area contributed by atoms with Crippen LogP contribution in [0.3, 0.4) is 0 Å². The van der Waals surface area contributed by atoms with Crippen molar-refractivity contribution in [1.29, 1.82) is 0 Å². The summed E-state index contributed by atoms with van der Waals surface area (Å²) in [6, 6.07) is 10.2. The molecule has 1 aromatic heterocycles. The summed E-state index contributed by atoms with van der Waals surface area (Å²) >= 11 is 0. The number of nitrogens with one attached hydrogen (secondary N) is 2. The first-order chi connectivity index (χ1) is 12.3. The number of hydrogen-bond acceptors (Lipinski definition) is 4. The maximum atomic E-state index is 5.82. The number of guanidine groups is 1. The normalized spacial score (nSPS) is 17.3. The molecule has 2 N–H and O–H groups in total. The van der Waals surface area contributed by atoms with Gasteiger partial charge in [-0.3, -0.25) is 4.99 Å². The van der Waals surface area contributed by atoms with Crippen LogP contribution in [0.2, 0.25) is 0 Å². The Labute approximate surface area is 171 Å². The maximum Gasteiger partial charge on any atom is 0.190 e. The van der Waals surface area contributed by atoms with Gasteiger partial charge in [-0.1, -0.05) is 18.2 Å². The minimum atomic E-state index is 0. The lowest BCUT2D eigenvalue weighted by Gasteiger charge is -2.12. The lowest BCUT2D eigenvalue weighted by atomic mass is 10.2. The molecule has 2 heterocycles. The molecule has 0 amide bonds. The molecular weight excluding hydrogens is 445 g/mol. The minimum absolute atomic E-state index is 0. The standard InChI is InChI=1S/C19H27N3O3.HI/c1-20-19(21-9-4-11-24-17-8-12-23-14-17)22-10-7-16-13-15-5-2-3-6-18(15)25-16;/h2-3,5-6,13,17H,4,7-12,14H2,1H3,(H2,20,21,22);1H. The monoisotopic (exact) mass is 473 g/mol. The second-order valence-corrected chi connectivity index (χ2v) is 6.14. The Morgan fingerprint density at radius 2 is 2.12 bits per heavy atom. The minimum Gasteiger partial charge on any atom is -0.461 e. The number of hydrogen-bond donors (Lipinski definition) is 2. The van der Waals surface area contributed by atoms with Crippen LogP contribution in [0.5, 0.6) is 0 Å². The molecule has 7 heteroatoms. The van der Waals surface area contributed by atoms with Crippen molar-refractivity contribution < 1.29 is 13.9 Å². The summed E-state index contributed by atoms with van der Waals surface area (Å²) in [5.74, 6) is 1.79. The first-order valence-electron chi connectivity index (χ1n) is 8.96. The van der Waals surface area contributed by atoms with E-state index < -0.39 is 0 Å². The topological polar surface area (TPSA) is 68.0 Å². The van der Waals surface area contributed by atoms with Gasteiger partial charge in [-0.2, -0.15) is 0 Å². The van der Waals surface area contributed by atoms with Crippen LogP contribution in [-0.2, 0) is 15.9 Å². The van der Waals surface area contributed by atoms with E-state index in [9.17, 15) is 0 Å². The van der Waals surface area contributed by atoms with E-state index in [1.165, 1.54) is 0 Å². The van der Waals surface area contributed by atoms with Crippen molar-refractivity contribution in [2.75, 3.05) is 40.0 Å². The molecule has 2 aromatic rings. The van der Waals surface area contributed by atoms with E-state index in [1.54, 1.807) is 7.05 Å². The third-order valence-electron chi connectivity index (χ3n) is 4.22. The number of furan rings is 1. The van der Waals surface area contributed by atoms with Gasteiger partial charge in [0.05, 0.1) is 12.7 Å². The van der Waals surface area contributed by atoms with E-state index in [0.29, 0.717) is 0 Å². The Bertz CT molecular complexity index is 650. The zero-order valence-electron chi connectivity index (χ0n) is 15.2. The molecule has 1 atom stereocenters. The van der Waals surface area contributed by atoms with E-state index in [4.69, 9.17) is 13.9 Å². The molecule has 1 saturated heterocycles. The summed E-state index contributed by atoms with van der Waals surface area (Å²) in [5, 5.41) is 7.76. The summed E-state index contributed by atoms with van der Waals surface area (Å²) in [4.78, 5) is 4.24. The van der Waals surface area contributed by atoms with E-state index in [1.807, 2.05) is 18.2 Å². The van der Waals surface area contributed by atoms with Gasteiger partial charge < -0.3 is 24.5 Å². The molecule has 0 spiro atoms. The highest BCUT2D eigenvalue weighted by Crippen LogP contribution is 2.18. The molecule has 1 aliphatic rings. The molecule has 6 nitrogen and oxygen atoms in total. The number of halogens is 1. The van der Waals surface area contributed by atoms with Crippen LogP contribution in [-0.4, -0.2) is 52.0 Å². The molecule has 0 bridgehead atoms. The van der Waals surface area contributed by atoms with Crippen molar-refractivity contribution in [3.05, 3.63) is 36.1 Å². The van der Waals surface area contributed by atoms with Crippen LogP contribution in [0.25, 0.3) is 11.0 Å². The predicted molar refractivity (Wildman–Crippen MR) is 114 cm³/mol. The SMILES string of the molecule is CN=C(NCCCOC1CCOC1)NCCc1cc2ccccc2o1.I. The second kappa shape index (κ2) is 11.4. The first-order valence-corrected chi connectivity index (χ1v) is 8.96. The summed E-state index contributed by atoms with van der Waals surface area (Å²) in [6.45, 7) is 3.91. The number of rotatable bonds is 8. The highest BCUT2D eigenvalue weighted by molar-refractivity contribution is 14.0. The van der Waals surface area contributed by atoms with E-state index >= 15 is 0 Å². The lowest BCUT2D eigenvalue weighted by molar-refractivity contribution is 0.0420. The third-order valence-corrected chi connectivity index (χ3v) is 4.22. The lowest BCUT2D eigenvalue weighted by Crippen LogP contribution is -2.39. The Hall–Kier alpha value is -1.32. The summed E-state index contributed by atoms with van der Waals surface area (Å²) < 4.78 is 16.9. The van der Waals surface area contributed by atoms with Crippen molar-refractivity contribution in [1.82, 2.24) is 10.6 Å². The van der Waals surface area contributed by atoms with Gasteiger partial charge in [0, 0.05) is 45.2 Å². The van der Waals surface area contributed by atoms with Gasteiger partial charge in [0.2, 0.25) is 0 Å². The molecular formula is C19H28IN3O3. The average molecular weight is 473 g/mol. The Morgan fingerprint density at radius 1 is 1.27 bits per heavy atom. The Balaban J connectivity index is 0.00000243. The number of benzene rings is 1. The van der Waals surface area contributed by atoms with Crippen LogP contribution >= 0.6 is 24.0 Å². The molecule has 0 aliphatic carbocycles. The highest BCUT2D eigenvalue weighted by Gasteiger charge is 2.15. The number of para-hydroxylation sites is 1. The quantitative estimate of drug-likeness (QED) is 0.267. The smallest absolute Gasteiger partial charge is 0.190 e. The molecule has 0 saturated carbocycles. The average Bonchev–Trinajstić information content (AvgIpc) is 3.28. The maximum absolute atomic E-state index is 5.82. The fourth-order valence-electron chi connectivity index (χ4n) is 2.86.